The molecule has 8 heteroatoms. The van der Waals surface area contributed by atoms with E-state index in [1.54, 1.807) is 0 Å². The zero-order chi connectivity index (χ0) is 28.6. The summed E-state index contributed by atoms with van der Waals surface area (Å²) in [6, 6.07) is 2.98. The summed E-state index contributed by atoms with van der Waals surface area (Å²) < 4.78 is 26.1. The Bertz CT molecular complexity index is 931. The van der Waals surface area contributed by atoms with Crippen LogP contribution in [0.25, 0.3) is 0 Å². The molecular weight excluding hydrogens is 500 g/mol. The molecule has 1 aliphatic carbocycles. The first-order valence-electron chi connectivity index (χ1n) is 14.4. The molecule has 1 unspecified atom stereocenters. The predicted octanol–water partition coefficient (Wildman–Crippen LogP) is 5.92. The van der Waals surface area contributed by atoms with Gasteiger partial charge in [0.15, 0.2) is 8.32 Å². The van der Waals surface area contributed by atoms with Crippen LogP contribution in [0.15, 0.2) is 24.0 Å². The molecule has 0 radical (unpaired) electrons. The number of allylic oxidation sites excluding steroid dienone is 1. The Morgan fingerprint density at radius 1 is 1.16 bits per heavy atom. The lowest BCUT2D eigenvalue weighted by Crippen LogP contribution is -2.58. The van der Waals surface area contributed by atoms with Crippen molar-refractivity contribution < 1.29 is 33.3 Å². The fourth-order valence-electron chi connectivity index (χ4n) is 7.54. The molecule has 7 nitrogen and oxygen atoms in total. The summed E-state index contributed by atoms with van der Waals surface area (Å²) in [5, 5.41) is 11.0. The van der Waals surface area contributed by atoms with Crippen molar-refractivity contribution in [1.82, 2.24) is 0 Å². The van der Waals surface area contributed by atoms with Crippen LogP contribution in [0.1, 0.15) is 81.6 Å². The Balaban J connectivity index is 2.23. The first-order valence-corrected chi connectivity index (χ1v) is 17.0. The van der Waals surface area contributed by atoms with Gasteiger partial charge in [0.25, 0.3) is 0 Å². The molecule has 0 aromatic carbocycles. The van der Waals surface area contributed by atoms with Gasteiger partial charge in [0.1, 0.15) is 11.4 Å². The second-order valence-electron chi connectivity index (χ2n) is 12.5. The molecule has 216 valence electrons. The van der Waals surface area contributed by atoms with Crippen LogP contribution in [0.4, 0.5) is 0 Å². The molecule has 0 saturated carbocycles. The van der Waals surface area contributed by atoms with Gasteiger partial charge in [0.05, 0.1) is 29.8 Å². The number of fused-ring (bicyclic) bond motifs is 5. The highest BCUT2D eigenvalue weighted by Gasteiger charge is 2.63. The molecule has 2 saturated heterocycles. The van der Waals surface area contributed by atoms with Gasteiger partial charge in [0, 0.05) is 19.8 Å². The quantitative estimate of drug-likeness (QED) is 0.228. The smallest absolute Gasteiger partial charge is 0.307 e. The minimum Gasteiger partial charge on any atom is -0.459 e. The standard InChI is InChI=1S/C30H50O7Si/c1-11-38(12-2,13-3)37-30(10)15-14-22(33)18(4)16-23-25-19(5)17-24(34-20(6)31)27(26(25)28(30)35-23)29(8,9)36-21(7)32/h17,19,22-23,25-28,33H,4,11-16H2,1-3,5-10H3/t19?,22-,23-,25-,26+,27+,28-,30-/m1/s1. The van der Waals surface area contributed by atoms with Gasteiger partial charge >= 0.3 is 11.9 Å². The van der Waals surface area contributed by atoms with E-state index in [0.717, 1.165) is 23.7 Å². The maximum absolute atomic E-state index is 12.2. The number of carbonyl (C=O) groups is 2. The predicted molar refractivity (Wildman–Crippen MR) is 150 cm³/mol. The first kappa shape index (κ1) is 31.0. The Kier molecular flexibility index (Phi) is 9.44. The lowest BCUT2D eigenvalue weighted by Gasteiger charge is -2.50. The van der Waals surface area contributed by atoms with E-state index in [1.165, 1.54) is 13.8 Å². The maximum Gasteiger partial charge on any atom is 0.307 e. The summed E-state index contributed by atoms with van der Waals surface area (Å²) >= 11 is 0. The molecule has 2 fully saturated rings. The summed E-state index contributed by atoms with van der Waals surface area (Å²) in [5.74, 6) is -0.705. The number of aliphatic hydroxyl groups excluding tert-OH is 1. The van der Waals surface area contributed by atoms with Gasteiger partial charge < -0.3 is 23.7 Å². The van der Waals surface area contributed by atoms with E-state index >= 15 is 0 Å². The zero-order valence-electron chi connectivity index (χ0n) is 25.0. The molecule has 2 aliphatic heterocycles. The molecule has 0 aromatic rings. The number of aliphatic hydroxyl groups is 1. The van der Waals surface area contributed by atoms with Crippen LogP contribution in [0.2, 0.25) is 18.1 Å². The van der Waals surface area contributed by atoms with Crippen LogP contribution in [-0.2, 0) is 28.2 Å². The van der Waals surface area contributed by atoms with E-state index in [2.05, 4.69) is 41.2 Å². The fraction of sp³-hybridized carbons (Fsp3) is 0.800. The second kappa shape index (κ2) is 11.6. The van der Waals surface area contributed by atoms with Crippen LogP contribution >= 0.6 is 0 Å². The van der Waals surface area contributed by atoms with Gasteiger partial charge in [-0.25, -0.2) is 0 Å². The molecular formula is C30H50O7Si. The summed E-state index contributed by atoms with van der Waals surface area (Å²) in [4.78, 5) is 24.5. The third-order valence-electron chi connectivity index (χ3n) is 9.52. The molecule has 0 amide bonds. The third kappa shape index (κ3) is 5.98. The second-order valence-corrected chi connectivity index (χ2v) is 17.2. The van der Waals surface area contributed by atoms with Crippen LogP contribution in [0.3, 0.4) is 0 Å². The van der Waals surface area contributed by atoms with E-state index in [4.69, 9.17) is 18.6 Å². The van der Waals surface area contributed by atoms with Crippen LogP contribution in [0, 0.1) is 23.7 Å². The van der Waals surface area contributed by atoms with Gasteiger partial charge in [0.2, 0.25) is 0 Å². The van der Waals surface area contributed by atoms with Crippen molar-refractivity contribution in [3.8, 4) is 0 Å². The summed E-state index contributed by atoms with van der Waals surface area (Å²) in [6.07, 6.45) is 2.58. The molecule has 38 heavy (non-hydrogen) atoms. The van der Waals surface area contributed by atoms with E-state index in [1.807, 2.05) is 19.9 Å². The number of hydrogen-bond donors (Lipinski definition) is 1. The minimum absolute atomic E-state index is 0.0351. The highest BCUT2D eigenvalue weighted by molar-refractivity contribution is 6.73. The monoisotopic (exact) mass is 550 g/mol. The van der Waals surface area contributed by atoms with Crippen molar-refractivity contribution in [2.24, 2.45) is 23.7 Å². The van der Waals surface area contributed by atoms with Crippen molar-refractivity contribution in [3.63, 3.8) is 0 Å². The fourth-order valence-corrected chi connectivity index (χ4v) is 10.7. The lowest BCUT2D eigenvalue weighted by atomic mass is 9.60. The Hall–Kier alpha value is -1.48. The molecule has 2 heterocycles. The summed E-state index contributed by atoms with van der Waals surface area (Å²) in [6.45, 7) is 21.7. The number of esters is 2. The SMILES string of the molecule is C=C1C[C@H]2O[C@H]([C@H]3[C@@H]2C(C)C=C(OC(C)=O)[C@@H]3C(C)(C)OC(C)=O)[C@](C)(O[Si](CC)(CC)CC)CC[C@H]1O. The molecule has 1 N–H and O–H groups in total. The molecule has 0 aromatic heterocycles. The minimum atomic E-state index is -2.09. The number of rotatable bonds is 8. The van der Waals surface area contributed by atoms with E-state index in [0.29, 0.717) is 25.0 Å². The average Bonchev–Trinajstić information content (AvgIpc) is 3.20. The van der Waals surface area contributed by atoms with Crippen LogP contribution in [-0.4, -0.2) is 54.9 Å². The van der Waals surface area contributed by atoms with Crippen molar-refractivity contribution in [2.75, 3.05) is 0 Å². The summed E-state index contributed by atoms with van der Waals surface area (Å²) in [5.41, 5.74) is -0.856. The van der Waals surface area contributed by atoms with Crippen molar-refractivity contribution in [3.05, 3.63) is 24.0 Å². The highest BCUT2D eigenvalue weighted by atomic mass is 28.4. The van der Waals surface area contributed by atoms with Crippen molar-refractivity contribution in [2.45, 2.75) is 129 Å². The third-order valence-corrected chi connectivity index (χ3v) is 14.3. The van der Waals surface area contributed by atoms with Gasteiger partial charge in [-0.2, -0.15) is 0 Å². The van der Waals surface area contributed by atoms with Gasteiger partial charge in [-0.1, -0.05) is 34.3 Å². The molecule has 3 rings (SSSR count). The number of carbonyl (C=O) groups excluding carboxylic acids is 2. The number of ether oxygens (including phenoxy) is 3. The average molecular weight is 551 g/mol. The number of hydrogen-bond acceptors (Lipinski definition) is 7. The van der Waals surface area contributed by atoms with E-state index in [9.17, 15) is 14.7 Å². The van der Waals surface area contributed by atoms with Gasteiger partial charge in [-0.3, -0.25) is 9.59 Å². The maximum atomic E-state index is 12.2. The lowest BCUT2D eigenvalue weighted by molar-refractivity contribution is -0.168. The largest absolute Gasteiger partial charge is 0.459 e. The highest BCUT2D eigenvalue weighted by Crippen LogP contribution is 2.57. The first-order chi connectivity index (χ1) is 17.6. The van der Waals surface area contributed by atoms with Crippen molar-refractivity contribution in [1.29, 1.82) is 0 Å². The molecule has 3 aliphatic rings. The van der Waals surface area contributed by atoms with E-state index < -0.39 is 37.5 Å². The normalized spacial score (nSPS) is 35.9. The Morgan fingerprint density at radius 3 is 2.29 bits per heavy atom. The molecule has 0 spiro atoms. The van der Waals surface area contributed by atoms with Gasteiger partial charge in [-0.15, -0.1) is 0 Å². The Morgan fingerprint density at radius 2 is 1.76 bits per heavy atom. The van der Waals surface area contributed by atoms with Crippen LogP contribution < -0.4 is 0 Å². The van der Waals surface area contributed by atoms with E-state index in [-0.39, 0.29) is 35.9 Å². The summed E-state index contributed by atoms with van der Waals surface area (Å²) in [7, 11) is -2.09. The molecule has 2 bridgehead atoms. The topological polar surface area (TPSA) is 91.3 Å². The van der Waals surface area contributed by atoms with Crippen molar-refractivity contribution >= 4 is 20.3 Å². The van der Waals surface area contributed by atoms with Crippen LogP contribution in [0.5, 0.6) is 0 Å². The van der Waals surface area contributed by atoms with Gasteiger partial charge in [-0.05, 0) is 81.7 Å². The molecule has 8 atom stereocenters. The zero-order valence-corrected chi connectivity index (χ0v) is 26.0. The Labute approximate surface area is 230 Å².